The molecule has 0 aliphatic heterocycles. The van der Waals surface area contributed by atoms with Crippen LogP contribution in [0.4, 0.5) is 0 Å². The van der Waals surface area contributed by atoms with Crippen molar-refractivity contribution in [3.05, 3.63) is 33.3 Å². The molecule has 0 radical (unpaired) electrons. The van der Waals surface area contributed by atoms with E-state index in [-0.39, 0.29) is 25.7 Å². The lowest BCUT2D eigenvalue weighted by Crippen LogP contribution is -2.28. The molecule has 0 saturated heterocycles. The van der Waals surface area contributed by atoms with Crippen molar-refractivity contribution in [1.29, 1.82) is 0 Å². The fraction of sp³-hybridized carbons (Fsp3) is 0.273. The highest BCUT2D eigenvalue weighted by Crippen LogP contribution is 2.19. The molecule has 1 aromatic carbocycles. The summed E-state index contributed by atoms with van der Waals surface area (Å²) in [4.78, 5) is 22.1. The first-order valence-electron chi connectivity index (χ1n) is 5.09. The zero-order valence-corrected chi connectivity index (χ0v) is 11.8. The molecule has 0 aliphatic rings. The van der Waals surface area contributed by atoms with E-state index in [2.05, 4.69) is 21.2 Å². The molecule has 7 heteroatoms. The Bertz CT molecular complexity index is 434. The van der Waals surface area contributed by atoms with Crippen LogP contribution in [0.2, 0.25) is 5.02 Å². The summed E-state index contributed by atoms with van der Waals surface area (Å²) in [5.41, 5.74) is 5.34. The third-order valence-corrected chi connectivity index (χ3v) is 2.58. The van der Waals surface area contributed by atoms with Gasteiger partial charge < -0.3 is 15.8 Å². The van der Waals surface area contributed by atoms with E-state index in [1.54, 1.807) is 18.2 Å². The number of benzene rings is 1. The lowest BCUT2D eigenvalue weighted by molar-refractivity contribution is -0.122. The van der Waals surface area contributed by atoms with Crippen molar-refractivity contribution in [2.24, 2.45) is 5.73 Å². The molecule has 0 unspecified atom stereocenters. The molecule has 0 aliphatic carbocycles. The van der Waals surface area contributed by atoms with Crippen molar-refractivity contribution in [3.8, 4) is 0 Å². The van der Waals surface area contributed by atoms with E-state index in [1.807, 2.05) is 0 Å². The smallest absolute Gasteiger partial charge is 0.251 e. The van der Waals surface area contributed by atoms with Gasteiger partial charge in [-0.3, -0.25) is 9.59 Å². The number of rotatable bonds is 6. The first-order chi connectivity index (χ1) is 8.49. The van der Waals surface area contributed by atoms with Gasteiger partial charge in [0.1, 0.15) is 6.61 Å². The van der Waals surface area contributed by atoms with E-state index < -0.39 is 5.91 Å². The minimum atomic E-state index is -0.542. The average Bonchev–Trinajstić information content (AvgIpc) is 2.26. The van der Waals surface area contributed by atoms with Crippen LogP contribution in [0.15, 0.2) is 22.7 Å². The van der Waals surface area contributed by atoms with Gasteiger partial charge in [0.2, 0.25) is 5.91 Å². The molecule has 0 bridgehead atoms. The van der Waals surface area contributed by atoms with Crippen molar-refractivity contribution in [2.75, 3.05) is 19.8 Å². The van der Waals surface area contributed by atoms with Gasteiger partial charge in [0.05, 0.1) is 6.61 Å². The van der Waals surface area contributed by atoms with Crippen LogP contribution in [0.1, 0.15) is 10.4 Å². The molecular formula is C11H12BrClN2O3. The maximum Gasteiger partial charge on any atom is 0.251 e. The number of ether oxygens (including phenoxy) is 1. The molecule has 5 nitrogen and oxygen atoms in total. The van der Waals surface area contributed by atoms with Crippen molar-refractivity contribution in [2.45, 2.75) is 0 Å². The molecule has 0 heterocycles. The van der Waals surface area contributed by atoms with Gasteiger partial charge in [-0.1, -0.05) is 27.5 Å². The number of primary amides is 1. The second kappa shape index (κ2) is 7.35. The molecule has 0 atom stereocenters. The fourth-order valence-corrected chi connectivity index (χ4v) is 2.06. The SMILES string of the molecule is NC(=O)COCCNC(=O)c1cc(Cl)cc(Br)c1. The van der Waals surface area contributed by atoms with Gasteiger partial charge in [0.25, 0.3) is 5.91 Å². The first-order valence-corrected chi connectivity index (χ1v) is 6.26. The predicted molar refractivity (Wildman–Crippen MR) is 71.5 cm³/mol. The van der Waals surface area contributed by atoms with E-state index in [0.29, 0.717) is 10.6 Å². The number of carbonyl (C=O) groups is 2. The molecular weight excluding hydrogens is 323 g/mol. The molecule has 18 heavy (non-hydrogen) atoms. The molecule has 98 valence electrons. The summed E-state index contributed by atoms with van der Waals surface area (Å²) in [6.07, 6.45) is 0. The zero-order chi connectivity index (χ0) is 13.5. The predicted octanol–water partition coefficient (Wildman–Crippen LogP) is 1.33. The Morgan fingerprint density at radius 1 is 1.39 bits per heavy atom. The monoisotopic (exact) mass is 334 g/mol. The molecule has 0 fully saturated rings. The van der Waals surface area contributed by atoms with Crippen LogP contribution in [0, 0.1) is 0 Å². The van der Waals surface area contributed by atoms with E-state index >= 15 is 0 Å². The summed E-state index contributed by atoms with van der Waals surface area (Å²) < 4.78 is 5.63. The topological polar surface area (TPSA) is 81.4 Å². The molecule has 1 rings (SSSR count). The summed E-state index contributed by atoms with van der Waals surface area (Å²) in [5, 5.41) is 3.10. The van der Waals surface area contributed by atoms with Crippen LogP contribution >= 0.6 is 27.5 Å². The Balaban J connectivity index is 2.38. The lowest BCUT2D eigenvalue weighted by Gasteiger charge is -2.06. The van der Waals surface area contributed by atoms with Gasteiger partial charge in [-0.2, -0.15) is 0 Å². The maximum absolute atomic E-state index is 11.7. The van der Waals surface area contributed by atoms with Gasteiger partial charge in [0, 0.05) is 21.6 Å². The Kier molecular flexibility index (Phi) is 6.11. The molecule has 1 aromatic rings. The molecule has 2 amide bonds. The molecule has 0 aromatic heterocycles. The largest absolute Gasteiger partial charge is 0.370 e. The van der Waals surface area contributed by atoms with E-state index in [4.69, 9.17) is 22.1 Å². The van der Waals surface area contributed by atoms with E-state index in [0.717, 1.165) is 4.47 Å². The van der Waals surface area contributed by atoms with Gasteiger partial charge in [-0.05, 0) is 18.2 Å². The normalized spacial score (nSPS) is 10.1. The van der Waals surface area contributed by atoms with E-state index in [1.165, 1.54) is 0 Å². The number of hydrogen-bond donors (Lipinski definition) is 2. The molecule has 0 saturated carbocycles. The Morgan fingerprint density at radius 2 is 2.11 bits per heavy atom. The van der Waals surface area contributed by atoms with Crippen molar-refractivity contribution in [3.63, 3.8) is 0 Å². The summed E-state index contributed by atoms with van der Waals surface area (Å²) in [5.74, 6) is -0.805. The van der Waals surface area contributed by atoms with Crippen LogP contribution in [-0.2, 0) is 9.53 Å². The summed E-state index contributed by atoms with van der Waals surface area (Å²) in [6, 6.07) is 4.91. The quantitative estimate of drug-likeness (QED) is 0.770. The van der Waals surface area contributed by atoms with Crippen LogP contribution in [0.5, 0.6) is 0 Å². The number of carbonyl (C=O) groups excluding carboxylic acids is 2. The summed E-state index contributed by atoms with van der Waals surface area (Å²) in [6.45, 7) is 0.352. The minimum Gasteiger partial charge on any atom is -0.370 e. The highest BCUT2D eigenvalue weighted by Gasteiger charge is 2.07. The van der Waals surface area contributed by atoms with Crippen molar-refractivity contribution in [1.82, 2.24) is 5.32 Å². The summed E-state index contributed by atoms with van der Waals surface area (Å²) >= 11 is 9.08. The second-order valence-electron chi connectivity index (χ2n) is 3.43. The molecule has 0 spiro atoms. The van der Waals surface area contributed by atoms with Crippen LogP contribution < -0.4 is 11.1 Å². The first kappa shape index (κ1) is 14.9. The average molecular weight is 336 g/mol. The van der Waals surface area contributed by atoms with Gasteiger partial charge in [-0.15, -0.1) is 0 Å². The second-order valence-corrected chi connectivity index (χ2v) is 4.79. The number of amides is 2. The van der Waals surface area contributed by atoms with Gasteiger partial charge in [0.15, 0.2) is 0 Å². The highest BCUT2D eigenvalue weighted by molar-refractivity contribution is 9.10. The number of halogens is 2. The zero-order valence-electron chi connectivity index (χ0n) is 9.41. The Labute approximate surface area is 118 Å². The lowest BCUT2D eigenvalue weighted by atomic mass is 10.2. The third kappa shape index (κ3) is 5.48. The highest BCUT2D eigenvalue weighted by atomic mass is 79.9. The maximum atomic E-state index is 11.7. The molecule has 3 N–H and O–H groups in total. The minimum absolute atomic E-state index is 0.154. The van der Waals surface area contributed by atoms with E-state index in [9.17, 15) is 9.59 Å². The van der Waals surface area contributed by atoms with Gasteiger partial charge >= 0.3 is 0 Å². The van der Waals surface area contributed by atoms with Crippen LogP contribution in [0.3, 0.4) is 0 Å². The van der Waals surface area contributed by atoms with Crippen LogP contribution in [-0.4, -0.2) is 31.6 Å². The number of nitrogens with one attached hydrogen (secondary N) is 1. The third-order valence-electron chi connectivity index (χ3n) is 1.90. The van der Waals surface area contributed by atoms with Crippen molar-refractivity contribution >= 4 is 39.3 Å². The number of nitrogens with two attached hydrogens (primary N) is 1. The van der Waals surface area contributed by atoms with Crippen LogP contribution in [0.25, 0.3) is 0 Å². The Hall–Kier alpha value is -1.11. The van der Waals surface area contributed by atoms with Gasteiger partial charge in [-0.25, -0.2) is 0 Å². The standard InChI is InChI=1S/C11H12BrClN2O3/c12-8-3-7(4-9(13)5-8)11(17)15-1-2-18-6-10(14)16/h3-5H,1-2,6H2,(H2,14,16)(H,15,17). The Morgan fingerprint density at radius 3 is 2.72 bits per heavy atom. The number of hydrogen-bond acceptors (Lipinski definition) is 3. The fourth-order valence-electron chi connectivity index (χ4n) is 1.20. The summed E-state index contributed by atoms with van der Waals surface area (Å²) in [7, 11) is 0. The van der Waals surface area contributed by atoms with Crippen molar-refractivity contribution < 1.29 is 14.3 Å².